The molecular weight excluding hydrogens is 493 g/mol. The molecule has 13 heteroatoms. The summed E-state index contributed by atoms with van der Waals surface area (Å²) >= 11 is 0. The van der Waals surface area contributed by atoms with Crippen molar-refractivity contribution in [2.45, 2.75) is 25.2 Å². The first kappa shape index (κ1) is 24.8. The van der Waals surface area contributed by atoms with Crippen molar-refractivity contribution in [1.82, 2.24) is 24.8 Å². The first-order chi connectivity index (χ1) is 17.8. The van der Waals surface area contributed by atoms with Crippen molar-refractivity contribution in [2.24, 2.45) is 0 Å². The van der Waals surface area contributed by atoms with Crippen LogP contribution in [0.3, 0.4) is 0 Å². The van der Waals surface area contributed by atoms with Gasteiger partial charge in [0.15, 0.2) is 0 Å². The van der Waals surface area contributed by atoms with Gasteiger partial charge in [-0.1, -0.05) is 0 Å². The van der Waals surface area contributed by atoms with E-state index < -0.39 is 6.36 Å². The smallest absolute Gasteiger partial charge is 0.406 e. The SMILES string of the molecule is COCCNC(=O)c1ccc2c(c1)nc(Nc1nc3ccc(OC(F)(F)F)cc3[nH]1)n2C1CCOCC1. The Morgan fingerprint density at radius 2 is 1.97 bits per heavy atom. The van der Waals surface area contributed by atoms with Crippen LogP contribution in [0.2, 0.25) is 0 Å². The van der Waals surface area contributed by atoms with E-state index in [0.29, 0.717) is 60.4 Å². The Kier molecular flexibility index (Phi) is 6.89. The topological polar surface area (TPSA) is 115 Å². The highest BCUT2D eigenvalue weighted by Gasteiger charge is 2.31. The monoisotopic (exact) mass is 518 g/mol. The van der Waals surface area contributed by atoms with E-state index in [0.717, 1.165) is 18.4 Å². The van der Waals surface area contributed by atoms with Gasteiger partial charge in [-0.25, -0.2) is 9.97 Å². The Bertz CT molecular complexity index is 1410. The molecule has 3 N–H and O–H groups in total. The van der Waals surface area contributed by atoms with Gasteiger partial charge in [0.25, 0.3) is 5.91 Å². The molecule has 2 aromatic carbocycles. The van der Waals surface area contributed by atoms with Gasteiger partial charge in [0.05, 0.1) is 28.7 Å². The quantitative estimate of drug-likeness (QED) is 0.298. The van der Waals surface area contributed by atoms with E-state index in [1.54, 1.807) is 19.2 Å². The molecule has 2 aromatic heterocycles. The Morgan fingerprint density at radius 3 is 2.73 bits per heavy atom. The molecule has 1 aliphatic rings. The van der Waals surface area contributed by atoms with Crippen LogP contribution in [-0.2, 0) is 9.47 Å². The van der Waals surface area contributed by atoms with Crippen LogP contribution in [0.15, 0.2) is 36.4 Å². The summed E-state index contributed by atoms with van der Waals surface area (Å²) in [5.74, 6) is 0.217. The van der Waals surface area contributed by atoms with E-state index in [9.17, 15) is 18.0 Å². The number of aromatic nitrogens is 4. The molecule has 1 aliphatic heterocycles. The molecule has 1 fully saturated rings. The maximum absolute atomic E-state index is 12.6. The number of rotatable bonds is 8. The highest BCUT2D eigenvalue weighted by molar-refractivity contribution is 5.97. The number of H-pyrrole nitrogens is 1. The summed E-state index contributed by atoms with van der Waals surface area (Å²) in [4.78, 5) is 24.7. The Morgan fingerprint density at radius 1 is 1.16 bits per heavy atom. The number of ether oxygens (including phenoxy) is 3. The van der Waals surface area contributed by atoms with Crippen molar-refractivity contribution in [3.63, 3.8) is 0 Å². The second kappa shape index (κ2) is 10.3. The van der Waals surface area contributed by atoms with Crippen LogP contribution < -0.4 is 15.4 Å². The number of aromatic amines is 1. The highest BCUT2D eigenvalue weighted by Crippen LogP contribution is 2.33. The second-order valence-electron chi connectivity index (χ2n) is 8.54. The zero-order chi connectivity index (χ0) is 26.0. The standard InChI is InChI=1S/C24H25F3N6O4/c1-35-11-8-28-21(34)14-2-5-20-19(12-14)31-23(33(20)15-6-9-36-10-7-15)32-22-29-17-4-3-16(13-18(17)30-22)37-24(25,26)27/h2-5,12-13,15H,6-11H2,1H3,(H,28,34)(H2,29,30,31,32). The number of alkyl halides is 3. The molecule has 0 atom stereocenters. The maximum atomic E-state index is 12.6. The molecule has 3 heterocycles. The number of hydrogen-bond donors (Lipinski definition) is 3. The second-order valence-corrected chi connectivity index (χ2v) is 8.54. The number of nitrogens with one attached hydrogen (secondary N) is 3. The number of nitrogens with zero attached hydrogens (tertiary/aromatic N) is 3. The lowest BCUT2D eigenvalue weighted by Crippen LogP contribution is -2.26. The van der Waals surface area contributed by atoms with Crippen LogP contribution in [0.1, 0.15) is 29.2 Å². The number of carbonyl (C=O) groups excluding carboxylic acids is 1. The van der Waals surface area contributed by atoms with Crippen molar-refractivity contribution >= 4 is 39.9 Å². The van der Waals surface area contributed by atoms with E-state index in [2.05, 4.69) is 29.9 Å². The van der Waals surface area contributed by atoms with E-state index in [1.807, 2.05) is 6.07 Å². The van der Waals surface area contributed by atoms with Gasteiger partial charge in [0.2, 0.25) is 11.9 Å². The van der Waals surface area contributed by atoms with Gasteiger partial charge in [-0.3, -0.25) is 10.1 Å². The minimum absolute atomic E-state index is 0.0961. The third-order valence-corrected chi connectivity index (χ3v) is 6.02. The lowest BCUT2D eigenvalue weighted by Gasteiger charge is -2.25. The molecule has 0 unspecified atom stereocenters. The Balaban J connectivity index is 1.47. The number of hydrogen-bond acceptors (Lipinski definition) is 7. The highest BCUT2D eigenvalue weighted by atomic mass is 19.4. The maximum Gasteiger partial charge on any atom is 0.573 e. The van der Waals surface area contributed by atoms with Gasteiger partial charge < -0.3 is 29.1 Å². The van der Waals surface area contributed by atoms with E-state index in [4.69, 9.17) is 14.5 Å². The van der Waals surface area contributed by atoms with Gasteiger partial charge in [-0.15, -0.1) is 13.2 Å². The third-order valence-electron chi connectivity index (χ3n) is 6.02. The van der Waals surface area contributed by atoms with Gasteiger partial charge in [0.1, 0.15) is 5.75 Å². The molecule has 0 radical (unpaired) electrons. The number of halogens is 3. The summed E-state index contributed by atoms with van der Waals surface area (Å²) in [7, 11) is 1.56. The van der Waals surface area contributed by atoms with Crippen molar-refractivity contribution in [3.8, 4) is 5.75 Å². The van der Waals surface area contributed by atoms with E-state index in [1.165, 1.54) is 18.2 Å². The fourth-order valence-corrected chi connectivity index (χ4v) is 4.36. The molecule has 37 heavy (non-hydrogen) atoms. The minimum atomic E-state index is -4.79. The molecular formula is C24H25F3N6O4. The molecule has 4 aromatic rings. The molecule has 5 rings (SSSR count). The lowest BCUT2D eigenvalue weighted by atomic mass is 10.1. The molecule has 0 spiro atoms. The van der Waals surface area contributed by atoms with Crippen molar-refractivity contribution in [1.29, 1.82) is 0 Å². The van der Waals surface area contributed by atoms with Crippen molar-refractivity contribution in [3.05, 3.63) is 42.0 Å². The van der Waals surface area contributed by atoms with Gasteiger partial charge in [-0.05, 0) is 43.2 Å². The van der Waals surface area contributed by atoms with Crippen LogP contribution >= 0.6 is 0 Å². The summed E-state index contributed by atoms with van der Waals surface area (Å²) < 4.78 is 54.4. The van der Waals surface area contributed by atoms with Crippen LogP contribution in [0.4, 0.5) is 25.1 Å². The predicted molar refractivity (Wildman–Crippen MR) is 129 cm³/mol. The average Bonchev–Trinajstić information content (AvgIpc) is 3.43. The summed E-state index contributed by atoms with van der Waals surface area (Å²) in [5, 5.41) is 5.97. The van der Waals surface area contributed by atoms with Crippen molar-refractivity contribution < 1.29 is 32.2 Å². The molecule has 0 aliphatic carbocycles. The Labute approximate surface area is 209 Å². The van der Waals surface area contributed by atoms with Gasteiger partial charge in [-0.2, -0.15) is 0 Å². The molecule has 0 bridgehead atoms. The molecule has 1 saturated heterocycles. The zero-order valence-corrected chi connectivity index (χ0v) is 19.9. The largest absolute Gasteiger partial charge is 0.573 e. The van der Waals surface area contributed by atoms with Gasteiger partial charge >= 0.3 is 6.36 Å². The average molecular weight is 518 g/mol. The molecule has 1 amide bonds. The summed E-state index contributed by atoms with van der Waals surface area (Å²) in [6.45, 7) is 2.01. The number of benzene rings is 2. The van der Waals surface area contributed by atoms with E-state index in [-0.39, 0.29) is 17.7 Å². The Hall–Kier alpha value is -3.84. The van der Waals surface area contributed by atoms with Crippen LogP contribution in [-0.4, -0.2) is 65.3 Å². The number of carbonyl (C=O) groups is 1. The predicted octanol–water partition coefficient (Wildman–Crippen LogP) is 4.28. The van der Waals surface area contributed by atoms with Crippen LogP contribution in [0.5, 0.6) is 5.75 Å². The fraction of sp³-hybridized carbons (Fsp3) is 0.375. The van der Waals surface area contributed by atoms with Crippen molar-refractivity contribution in [2.75, 3.05) is 38.8 Å². The normalized spacial score (nSPS) is 14.8. The molecule has 0 saturated carbocycles. The van der Waals surface area contributed by atoms with E-state index >= 15 is 0 Å². The van der Waals surface area contributed by atoms with Gasteiger partial charge in [0, 0.05) is 44.5 Å². The number of fused-ring (bicyclic) bond motifs is 2. The number of imidazole rings is 2. The van der Waals surface area contributed by atoms with Crippen LogP contribution in [0.25, 0.3) is 22.1 Å². The minimum Gasteiger partial charge on any atom is -0.406 e. The summed E-state index contributed by atoms with van der Waals surface area (Å²) in [5.41, 5.74) is 2.74. The fourth-order valence-electron chi connectivity index (χ4n) is 4.36. The van der Waals surface area contributed by atoms with Crippen LogP contribution in [0, 0.1) is 0 Å². The number of methoxy groups -OCH3 is 1. The first-order valence-corrected chi connectivity index (χ1v) is 11.7. The molecule has 196 valence electrons. The lowest BCUT2D eigenvalue weighted by molar-refractivity contribution is -0.274. The number of anilines is 2. The summed E-state index contributed by atoms with van der Waals surface area (Å²) in [6.07, 6.45) is -3.24. The zero-order valence-electron chi connectivity index (χ0n) is 19.9. The first-order valence-electron chi connectivity index (χ1n) is 11.7. The third kappa shape index (κ3) is 5.62. The summed E-state index contributed by atoms with van der Waals surface area (Å²) in [6, 6.07) is 9.29. The number of amides is 1. The molecule has 10 nitrogen and oxygen atoms in total.